The van der Waals surface area contributed by atoms with Gasteiger partial charge < -0.3 is 14.6 Å². The average molecular weight is 398 g/mol. The Morgan fingerprint density at radius 2 is 2.00 bits per heavy atom. The quantitative estimate of drug-likeness (QED) is 0.759. The lowest BCUT2D eigenvalue weighted by molar-refractivity contribution is -0.122. The van der Waals surface area contributed by atoms with Crippen LogP contribution in [0.15, 0.2) is 46.3 Å². The Morgan fingerprint density at radius 3 is 2.64 bits per heavy atom. The largest absolute Gasteiger partial charge is 0.506 e. The summed E-state index contributed by atoms with van der Waals surface area (Å²) in [4.78, 5) is 19.5. The molecule has 2 aromatic carbocycles. The fourth-order valence-electron chi connectivity index (χ4n) is 2.87. The second-order valence-corrected chi connectivity index (χ2v) is 7.14. The second kappa shape index (κ2) is 8.39. The monoisotopic (exact) mass is 398 g/mol. The molecule has 1 N–H and O–H groups in total. The molecule has 0 spiro atoms. The molecule has 0 aliphatic carbocycles. The number of carbonyl (C=O) groups excluding carboxylic acids is 1. The molecule has 0 unspecified atom stereocenters. The smallest absolute Gasteiger partial charge is 0.266 e. The molecule has 1 fully saturated rings. The number of phenols is 1. The van der Waals surface area contributed by atoms with Crippen LogP contribution in [0.4, 0.5) is 5.69 Å². The molecule has 1 aliphatic rings. The molecule has 3 rings (SSSR count). The van der Waals surface area contributed by atoms with Gasteiger partial charge in [-0.1, -0.05) is 18.2 Å². The third-order valence-electron chi connectivity index (χ3n) is 4.27. The van der Waals surface area contributed by atoms with Gasteiger partial charge in [-0.3, -0.25) is 9.69 Å². The summed E-state index contributed by atoms with van der Waals surface area (Å²) in [6, 6.07) is 10.8. The Hall–Kier alpha value is -2.93. The number of para-hydroxylation sites is 1. The maximum atomic E-state index is 12.9. The van der Waals surface area contributed by atoms with E-state index in [2.05, 4.69) is 4.99 Å². The molecule has 1 heterocycles. The summed E-state index contributed by atoms with van der Waals surface area (Å²) in [5, 5.41) is 10.7. The third-order valence-corrected chi connectivity index (χ3v) is 5.28. The zero-order chi connectivity index (χ0) is 20.3. The first-order chi connectivity index (χ1) is 13.5. The summed E-state index contributed by atoms with van der Waals surface area (Å²) in [7, 11) is 3.14. The van der Waals surface area contributed by atoms with E-state index in [0.717, 1.165) is 11.1 Å². The lowest BCUT2D eigenvalue weighted by Crippen LogP contribution is -2.28. The van der Waals surface area contributed by atoms with Crippen LogP contribution in [-0.4, -0.2) is 41.8 Å². The molecule has 6 nitrogen and oxygen atoms in total. The van der Waals surface area contributed by atoms with E-state index in [1.807, 2.05) is 32.0 Å². The Labute approximate surface area is 168 Å². The number of ether oxygens (including phenoxy) is 2. The minimum Gasteiger partial charge on any atom is -0.506 e. The van der Waals surface area contributed by atoms with Crippen molar-refractivity contribution in [1.29, 1.82) is 0 Å². The van der Waals surface area contributed by atoms with Gasteiger partial charge in [-0.05, 0) is 55.4 Å². The number of rotatable bonds is 5. The molecular formula is C21H22N2O4S. The Kier molecular flexibility index (Phi) is 5.94. The predicted molar refractivity (Wildman–Crippen MR) is 112 cm³/mol. The number of methoxy groups -OCH3 is 2. The van der Waals surface area contributed by atoms with Crippen LogP contribution >= 0.6 is 11.8 Å². The van der Waals surface area contributed by atoms with Gasteiger partial charge in [0.25, 0.3) is 5.91 Å². The third kappa shape index (κ3) is 3.84. The van der Waals surface area contributed by atoms with E-state index < -0.39 is 0 Å². The lowest BCUT2D eigenvalue weighted by atomic mass is 10.1. The van der Waals surface area contributed by atoms with E-state index in [4.69, 9.17) is 9.47 Å². The molecule has 1 saturated heterocycles. The number of nitrogens with zero attached hydrogens (tertiary/aromatic N) is 2. The van der Waals surface area contributed by atoms with Crippen molar-refractivity contribution in [3.63, 3.8) is 0 Å². The summed E-state index contributed by atoms with van der Waals surface area (Å²) in [5.74, 6) is 1.11. The number of hydrogen-bond donors (Lipinski definition) is 1. The van der Waals surface area contributed by atoms with Crippen molar-refractivity contribution in [3.05, 3.63) is 52.4 Å². The molecule has 1 amide bonds. The van der Waals surface area contributed by atoms with E-state index in [9.17, 15) is 9.90 Å². The number of likely N-dealkylation sites (N-methyl/N-ethyl adjacent to an activating group) is 1. The highest BCUT2D eigenvalue weighted by Crippen LogP contribution is 2.39. The lowest BCUT2D eigenvalue weighted by Gasteiger charge is -2.12. The number of aryl methyl sites for hydroxylation is 1. The highest BCUT2D eigenvalue weighted by molar-refractivity contribution is 8.18. The molecule has 7 heteroatoms. The average Bonchev–Trinajstić information content (AvgIpc) is 2.98. The fraction of sp³-hybridized carbons (Fsp3) is 0.238. The number of aromatic hydroxyl groups is 1. The molecule has 28 heavy (non-hydrogen) atoms. The van der Waals surface area contributed by atoms with Crippen LogP contribution in [0.25, 0.3) is 6.08 Å². The van der Waals surface area contributed by atoms with Crippen molar-refractivity contribution in [2.75, 3.05) is 20.8 Å². The normalized spacial score (nSPS) is 16.9. The van der Waals surface area contributed by atoms with Gasteiger partial charge in [-0.25, -0.2) is 4.99 Å². The Balaban J connectivity index is 2.00. The molecule has 146 valence electrons. The van der Waals surface area contributed by atoms with Crippen LogP contribution < -0.4 is 9.47 Å². The maximum Gasteiger partial charge on any atom is 0.266 e. The van der Waals surface area contributed by atoms with Gasteiger partial charge in [0.1, 0.15) is 11.4 Å². The second-order valence-electron chi connectivity index (χ2n) is 6.13. The molecule has 0 bridgehead atoms. The SMILES string of the molecule is CCN1C(=O)/C(=C/c2cccc(OC)c2OC)SC1=Nc1ccc(C)cc1O. The van der Waals surface area contributed by atoms with Crippen LogP contribution in [0.3, 0.4) is 0 Å². The van der Waals surface area contributed by atoms with E-state index in [-0.39, 0.29) is 11.7 Å². The first-order valence-electron chi connectivity index (χ1n) is 8.79. The van der Waals surface area contributed by atoms with Gasteiger partial charge in [0.15, 0.2) is 16.7 Å². The number of phenolic OH excluding ortho intramolecular Hbond substituents is 1. The number of aliphatic imine (C=N–C) groups is 1. The highest BCUT2D eigenvalue weighted by atomic mass is 32.2. The number of carbonyl (C=O) groups is 1. The van der Waals surface area contributed by atoms with Gasteiger partial charge in [0.05, 0.1) is 19.1 Å². The summed E-state index contributed by atoms with van der Waals surface area (Å²) in [6.07, 6.45) is 1.77. The van der Waals surface area contributed by atoms with Gasteiger partial charge >= 0.3 is 0 Å². The van der Waals surface area contributed by atoms with E-state index in [0.29, 0.717) is 33.8 Å². The Bertz CT molecular complexity index is 969. The zero-order valence-electron chi connectivity index (χ0n) is 16.2. The summed E-state index contributed by atoms with van der Waals surface area (Å²) in [6.45, 7) is 4.26. The molecule has 0 aromatic heterocycles. The van der Waals surface area contributed by atoms with Gasteiger partial charge in [-0.15, -0.1) is 0 Å². The number of amidine groups is 1. The van der Waals surface area contributed by atoms with Crippen LogP contribution in [0.2, 0.25) is 0 Å². The minimum atomic E-state index is -0.136. The van der Waals surface area contributed by atoms with Crippen molar-refractivity contribution < 1.29 is 19.4 Å². The van der Waals surface area contributed by atoms with Crippen LogP contribution in [-0.2, 0) is 4.79 Å². The summed E-state index contributed by atoms with van der Waals surface area (Å²) < 4.78 is 10.8. The highest BCUT2D eigenvalue weighted by Gasteiger charge is 2.32. The van der Waals surface area contributed by atoms with Crippen LogP contribution in [0.1, 0.15) is 18.1 Å². The van der Waals surface area contributed by atoms with Crippen LogP contribution in [0, 0.1) is 6.92 Å². The molecular weight excluding hydrogens is 376 g/mol. The number of benzene rings is 2. The molecule has 2 aromatic rings. The van der Waals surface area contributed by atoms with Crippen LogP contribution in [0.5, 0.6) is 17.2 Å². The van der Waals surface area contributed by atoms with E-state index >= 15 is 0 Å². The molecule has 1 aliphatic heterocycles. The minimum absolute atomic E-state index is 0.0866. The standard InChI is InChI=1S/C21H22N2O4S/c1-5-23-20(25)18(12-14-7-6-8-17(26-3)19(14)27-4)28-21(23)22-15-10-9-13(2)11-16(15)24/h6-12,24H,5H2,1-4H3/b18-12-,22-21?. The maximum absolute atomic E-state index is 12.9. The van der Waals surface area contributed by atoms with Crippen molar-refractivity contribution in [2.24, 2.45) is 4.99 Å². The number of hydrogen-bond acceptors (Lipinski definition) is 6. The molecule has 0 saturated carbocycles. The molecule has 0 atom stereocenters. The summed E-state index contributed by atoms with van der Waals surface area (Å²) in [5.41, 5.74) is 2.11. The Morgan fingerprint density at radius 1 is 1.21 bits per heavy atom. The predicted octanol–water partition coefficient (Wildman–Crippen LogP) is 4.34. The van der Waals surface area contributed by atoms with Crippen molar-refractivity contribution in [1.82, 2.24) is 4.90 Å². The summed E-state index contributed by atoms with van der Waals surface area (Å²) >= 11 is 1.27. The fourth-order valence-corrected chi connectivity index (χ4v) is 3.91. The van der Waals surface area contributed by atoms with E-state index in [1.54, 1.807) is 43.4 Å². The van der Waals surface area contributed by atoms with Gasteiger partial charge in [0, 0.05) is 12.1 Å². The van der Waals surface area contributed by atoms with Gasteiger partial charge in [-0.2, -0.15) is 0 Å². The molecule has 0 radical (unpaired) electrons. The van der Waals surface area contributed by atoms with Crippen molar-refractivity contribution >= 4 is 34.6 Å². The van der Waals surface area contributed by atoms with Gasteiger partial charge in [0.2, 0.25) is 0 Å². The van der Waals surface area contributed by atoms with E-state index in [1.165, 1.54) is 11.8 Å². The first kappa shape index (κ1) is 19.8. The van der Waals surface area contributed by atoms with Crippen molar-refractivity contribution in [2.45, 2.75) is 13.8 Å². The van der Waals surface area contributed by atoms with Crippen molar-refractivity contribution in [3.8, 4) is 17.2 Å². The topological polar surface area (TPSA) is 71.4 Å². The number of thioether (sulfide) groups is 1. The first-order valence-corrected chi connectivity index (χ1v) is 9.60. The number of amides is 1. The zero-order valence-corrected chi connectivity index (χ0v) is 17.0.